The van der Waals surface area contributed by atoms with Gasteiger partial charge in [-0.05, 0) is 25.0 Å². The summed E-state index contributed by atoms with van der Waals surface area (Å²) in [6, 6.07) is 6.12. The third kappa shape index (κ3) is 1.48. The molecule has 0 N–H and O–H groups in total. The van der Waals surface area contributed by atoms with Gasteiger partial charge in [-0.25, -0.2) is 15.0 Å². The number of hydrogen-bond donors (Lipinski definition) is 0. The molecule has 0 spiro atoms. The van der Waals surface area contributed by atoms with E-state index in [2.05, 4.69) is 34.9 Å². The molecule has 1 heterocycles. The van der Waals surface area contributed by atoms with Crippen molar-refractivity contribution >= 4 is 0 Å². The van der Waals surface area contributed by atoms with Gasteiger partial charge in [-0.2, -0.15) is 0 Å². The van der Waals surface area contributed by atoms with E-state index < -0.39 is 0 Å². The fourth-order valence-corrected chi connectivity index (χ4v) is 1.37. The van der Waals surface area contributed by atoms with Crippen LogP contribution in [0.2, 0.25) is 0 Å². The Bertz CT molecular complexity index is 438. The lowest BCUT2D eigenvalue weighted by atomic mass is 10.0. The van der Waals surface area contributed by atoms with Gasteiger partial charge in [0.05, 0.1) is 0 Å². The van der Waals surface area contributed by atoms with Crippen LogP contribution in [0.5, 0.6) is 0 Å². The zero-order valence-corrected chi connectivity index (χ0v) is 8.23. The Hall–Kier alpha value is -1.77. The van der Waals surface area contributed by atoms with Gasteiger partial charge in [0.1, 0.15) is 12.7 Å². The molecule has 0 aliphatic heterocycles. The molecule has 1 aromatic heterocycles. The summed E-state index contributed by atoms with van der Waals surface area (Å²) in [7, 11) is 0. The average molecular weight is 185 g/mol. The van der Waals surface area contributed by atoms with Crippen molar-refractivity contribution in [3.05, 3.63) is 42.0 Å². The highest BCUT2D eigenvalue weighted by Gasteiger charge is 2.04. The zero-order valence-electron chi connectivity index (χ0n) is 8.23. The van der Waals surface area contributed by atoms with Crippen LogP contribution in [-0.2, 0) is 0 Å². The molecule has 70 valence electrons. The van der Waals surface area contributed by atoms with Crippen LogP contribution >= 0.6 is 0 Å². The van der Waals surface area contributed by atoms with Crippen molar-refractivity contribution in [3.8, 4) is 11.4 Å². The number of nitrogens with zero attached hydrogens (tertiary/aromatic N) is 3. The van der Waals surface area contributed by atoms with Crippen LogP contribution in [0.4, 0.5) is 0 Å². The van der Waals surface area contributed by atoms with Gasteiger partial charge in [-0.3, -0.25) is 0 Å². The van der Waals surface area contributed by atoms with Gasteiger partial charge in [0.2, 0.25) is 0 Å². The Balaban J connectivity index is 2.58. The molecular weight excluding hydrogens is 174 g/mol. The largest absolute Gasteiger partial charge is 0.225 e. The van der Waals surface area contributed by atoms with Gasteiger partial charge in [-0.15, -0.1) is 0 Å². The Morgan fingerprint density at radius 1 is 1.00 bits per heavy atom. The Kier molecular flexibility index (Phi) is 2.23. The molecule has 2 rings (SSSR count). The van der Waals surface area contributed by atoms with Gasteiger partial charge in [0.15, 0.2) is 5.82 Å². The number of rotatable bonds is 1. The second-order valence-corrected chi connectivity index (χ2v) is 3.21. The molecular formula is C11H11N3. The van der Waals surface area contributed by atoms with Crippen molar-refractivity contribution in [1.29, 1.82) is 0 Å². The van der Waals surface area contributed by atoms with E-state index in [4.69, 9.17) is 0 Å². The van der Waals surface area contributed by atoms with E-state index in [9.17, 15) is 0 Å². The standard InChI is InChI=1S/C11H11N3/c1-8-4-3-5-10(9(8)2)11-13-6-12-7-14-11/h3-7H,1-2H3. The highest BCUT2D eigenvalue weighted by Crippen LogP contribution is 2.20. The summed E-state index contributed by atoms with van der Waals surface area (Å²) in [5.74, 6) is 0.737. The Morgan fingerprint density at radius 3 is 2.43 bits per heavy atom. The van der Waals surface area contributed by atoms with E-state index in [0.29, 0.717) is 0 Å². The molecule has 0 radical (unpaired) electrons. The second kappa shape index (κ2) is 3.54. The molecule has 0 atom stereocenters. The van der Waals surface area contributed by atoms with Crippen LogP contribution in [0.15, 0.2) is 30.9 Å². The minimum atomic E-state index is 0.737. The highest BCUT2D eigenvalue weighted by molar-refractivity contribution is 5.61. The van der Waals surface area contributed by atoms with E-state index in [1.165, 1.54) is 23.8 Å². The SMILES string of the molecule is Cc1cccc(-c2ncncn2)c1C. The van der Waals surface area contributed by atoms with E-state index in [-0.39, 0.29) is 0 Å². The van der Waals surface area contributed by atoms with Gasteiger partial charge in [-0.1, -0.05) is 18.2 Å². The van der Waals surface area contributed by atoms with Crippen LogP contribution in [-0.4, -0.2) is 15.0 Å². The maximum atomic E-state index is 4.13. The van der Waals surface area contributed by atoms with E-state index in [1.54, 1.807) is 0 Å². The molecule has 0 saturated carbocycles. The first-order chi connectivity index (χ1) is 6.79. The normalized spacial score (nSPS) is 10.1. The van der Waals surface area contributed by atoms with Gasteiger partial charge in [0.25, 0.3) is 0 Å². The molecule has 3 heteroatoms. The average Bonchev–Trinajstić information content (AvgIpc) is 2.23. The summed E-state index contributed by atoms with van der Waals surface area (Å²) in [5, 5.41) is 0. The highest BCUT2D eigenvalue weighted by atomic mass is 15.0. The summed E-state index contributed by atoms with van der Waals surface area (Å²) in [6.07, 6.45) is 3.04. The molecule has 0 fully saturated rings. The molecule has 0 bridgehead atoms. The molecule has 0 unspecified atom stereocenters. The predicted molar refractivity (Wildman–Crippen MR) is 54.7 cm³/mol. The molecule has 2 aromatic rings. The Labute approximate surface area is 82.9 Å². The quantitative estimate of drug-likeness (QED) is 0.683. The topological polar surface area (TPSA) is 38.7 Å². The van der Waals surface area contributed by atoms with Gasteiger partial charge >= 0.3 is 0 Å². The van der Waals surface area contributed by atoms with Crippen molar-refractivity contribution in [2.75, 3.05) is 0 Å². The van der Waals surface area contributed by atoms with Crippen LogP contribution in [0.3, 0.4) is 0 Å². The summed E-state index contributed by atoms with van der Waals surface area (Å²) >= 11 is 0. The number of benzene rings is 1. The van der Waals surface area contributed by atoms with Crippen LogP contribution in [0.25, 0.3) is 11.4 Å². The first kappa shape index (κ1) is 8.81. The van der Waals surface area contributed by atoms with Crippen molar-refractivity contribution < 1.29 is 0 Å². The first-order valence-electron chi connectivity index (χ1n) is 4.47. The van der Waals surface area contributed by atoms with Crippen LogP contribution in [0, 0.1) is 13.8 Å². The molecule has 3 nitrogen and oxygen atoms in total. The number of hydrogen-bond acceptors (Lipinski definition) is 3. The molecule has 0 aliphatic rings. The maximum Gasteiger partial charge on any atom is 0.162 e. The van der Waals surface area contributed by atoms with E-state index >= 15 is 0 Å². The lowest BCUT2D eigenvalue weighted by molar-refractivity contribution is 1.05. The fraction of sp³-hybridized carbons (Fsp3) is 0.182. The van der Waals surface area contributed by atoms with Crippen molar-refractivity contribution in [3.63, 3.8) is 0 Å². The van der Waals surface area contributed by atoms with Crippen LogP contribution in [0.1, 0.15) is 11.1 Å². The second-order valence-electron chi connectivity index (χ2n) is 3.21. The smallest absolute Gasteiger partial charge is 0.162 e. The van der Waals surface area contributed by atoms with Gasteiger partial charge < -0.3 is 0 Å². The van der Waals surface area contributed by atoms with Crippen molar-refractivity contribution in [2.45, 2.75) is 13.8 Å². The molecule has 0 aliphatic carbocycles. The minimum Gasteiger partial charge on any atom is -0.225 e. The minimum absolute atomic E-state index is 0.737. The van der Waals surface area contributed by atoms with Crippen molar-refractivity contribution in [1.82, 2.24) is 15.0 Å². The van der Waals surface area contributed by atoms with Crippen molar-refractivity contribution in [2.24, 2.45) is 0 Å². The molecule has 14 heavy (non-hydrogen) atoms. The summed E-state index contributed by atoms with van der Waals surface area (Å²) in [5.41, 5.74) is 3.55. The lowest BCUT2D eigenvalue weighted by Gasteiger charge is -2.05. The third-order valence-electron chi connectivity index (χ3n) is 2.34. The summed E-state index contributed by atoms with van der Waals surface area (Å²) < 4.78 is 0. The summed E-state index contributed by atoms with van der Waals surface area (Å²) in [6.45, 7) is 4.16. The predicted octanol–water partition coefficient (Wildman–Crippen LogP) is 2.16. The first-order valence-corrected chi connectivity index (χ1v) is 4.47. The third-order valence-corrected chi connectivity index (χ3v) is 2.34. The lowest BCUT2D eigenvalue weighted by Crippen LogP contribution is -1.92. The van der Waals surface area contributed by atoms with Gasteiger partial charge in [0, 0.05) is 5.56 Å². The zero-order chi connectivity index (χ0) is 9.97. The van der Waals surface area contributed by atoms with E-state index in [1.807, 2.05) is 12.1 Å². The van der Waals surface area contributed by atoms with Crippen LogP contribution < -0.4 is 0 Å². The maximum absolute atomic E-state index is 4.13. The molecule has 0 saturated heterocycles. The Morgan fingerprint density at radius 2 is 1.71 bits per heavy atom. The number of aryl methyl sites for hydroxylation is 1. The van der Waals surface area contributed by atoms with E-state index in [0.717, 1.165) is 11.4 Å². The molecule has 1 aromatic carbocycles. The molecule has 0 amide bonds. The number of aromatic nitrogens is 3. The monoisotopic (exact) mass is 185 g/mol. The fourth-order valence-electron chi connectivity index (χ4n) is 1.37. The summed E-state index contributed by atoms with van der Waals surface area (Å²) in [4.78, 5) is 12.1.